The lowest BCUT2D eigenvalue weighted by Crippen LogP contribution is -2.55. The van der Waals surface area contributed by atoms with E-state index in [1.54, 1.807) is 36.7 Å². The van der Waals surface area contributed by atoms with Crippen molar-refractivity contribution in [2.24, 2.45) is 27.7 Å². The molecule has 4 aliphatic rings. The second kappa shape index (κ2) is 10.00. The van der Waals surface area contributed by atoms with Gasteiger partial charge in [-0.3, -0.25) is 14.6 Å². The Labute approximate surface area is 232 Å². The highest BCUT2D eigenvalue weighted by Gasteiger charge is 2.53. The van der Waals surface area contributed by atoms with Crippen molar-refractivity contribution < 1.29 is 31.7 Å². The summed E-state index contributed by atoms with van der Waals surface area (Å²) in [5, 5.41) is 2.53. The first-order valence-corrected chi connectivity index (χ1v) is 13.2. The lowest BCUT2D eigenvalue weighted by Gasteiger charge is -2.40. The number of piperidine rings is 1. The number of alkyl halides is 3. The van der Waals surface area contributed by atoms with Gasteiger partial charge in [-0.15, -0.1) is 4.59 Å². The summed E-state index contributed by atoms with van der Waals surface area (Å²) in [5.74, 6) is 4.94. The molecule has 9 nitrogen and oxygen atoms in total. The van der Waals surface area contributed by atoms with E-state index in [2.05, 4.69) is 15.3 Å². The molecular formula is C28H26F4N7O2+. The van der Waals surface area contributed by atoms with Gasteiger partial charge in [0.1, 0.15) is 29.6 Å². The van der Waals surface area contributed by atoms with Gasteiger partial charge < -0.3 is 10.2 Å². The molecular weight excluding hydrogens is 542 g/mol. The molecule has 3 aliphatic heterocycles. The van der Waals surface area contributed by atoms with Gasteiger partial charge in [-0.25, -0.2) is 9.37 Å². The number of aliphatic imine (C=N–C) groups is 2. The summed E-state index contributed by atoms with van der Waals surface area (Å²) in [6.07, 6.45) is 2.56. The van der Waals surface area contributed by atoms with E-state index in [1.165, 1.54) is 18.5 Å². The molecule has 3 atom stereocenters. The Kier molecular flexibility index (Phi) is 6.57. The number of rotatable bonds is 5. The number of pyridine rings is 1. The van der Waals surface area contributed by atoms with Crippen LogP contribution < -0.4 is 11.2 Å². The van der Waals surface area contributed by atoms with Crippen molar-refractivity contribution in [1.82, 2.24) is 9.88 Å². The molecule has 3 N–H and O–H groups in total. The highest BCUT2D eigenvalue weighted by Crippen LogP contribution is 2.43. The number of nitrogens with zero attached hydrogens (tertiary/aromatic N) is 5. The Morgan fingerprint density at radius 2 is 1.83 bits per heavy atom. The minimum Gasteiger partial charge on any atom is -0.330 e. The zero-order chi connectivity index (χ0) is 28.9. The number of likely N-dealkylation sites (tertiary alicyclic amines) is 1. The van der Waals surface area contributed by atoms with Crippen molar-refractivity contribution in [2.75, 3.05) is 11.9 Å². The number of hydrogen-bond acceptors (Lipinski definition) is 6. The topological polar surface area (TPSA) is 113 Å². The average molecular weight is 569 g/mol. The maximum atomic E-state index is 13.8. The van der Waals surface area contributed by atoms with Crippen LogP contribution in [0.5, 0.6) is 0 Å². The fraction of sp³-hybridized carbons (Fsp3) is 0.321. The van der Waals surface area contributed by atoms with Crippen molar-refractivity contribution in [2.45, 2.75) is 37.9 Å². The van der Waals surface area contributed by atoms with Crippen LogP contribution in [0, 0.1) is 17.7 Å². The molecule has 1 aromatic heterocycles. The maximum Gasteiger partial charge on any atom is 0.408 e. The van der Waals surface area contributed by atoms with E-state index in [9.17, 15) is 27.2 Å². The van der Waals surface area contributed by atoms with Crippen molar-refractivity contribution in [3.05, 3.63) is 83.3 Å². The molecule has 4 heterocycles. The molecule has 41 heavy (non-hydrogen) atoms. The van der Waals surface area contributed by atoms with Gasteiger partial charge >= 0.3 is 6.18 Å². The number of amides is 2. The number of allylic oxidation sites excluding steroid dienone is 1. The second-order valence-electron chi connectivity index (χ2n) is 10.5. The van der Waals surface area contributed by atoms with Crippen molar-refractivity contribution in [1.29, 1.82) is 0 Å². The Morgan fingerprint density at radius 1 is 1.07 bits per heavy atom. The number of anilines is 1. The van der Waals surface area contributed by atoms with Crippen molar-refractivity contribution in [3.8, 4) is 0 Å². The fourth-order valence-electron chi connectivity index (χ4n) is 5.48. The first kappa shape index (κ1) is 27.0. The van der Waals surface area contributed by atoms with E-state index >= 15 is 0 Å². The quantitative estimate of drug-likeness (QED) is 0.319. The Morgan fingerprint density at radius 3 is 2.51 bits per heavy atom. The number of carbonyl (C=O) groups is 2. The zero-order valence-corrected chi connectivity index (χ0v) is 21.7. The van der Waals surface area contributed by atoms with Crippen LogP contribution in [0.4, 0.5) is 23.4 Å². The van der Waals surface area contributed by atoms with Gasteiger partial charge in [0.2, 0.25) is 11.6 Å². The number of hydrogen-bond donors (Lipinski definition) is 2. The lowest BCUT2D eigenvalue weighted by atomic mass is 9.88. The van der Waals surface area contributed by atoms with Crippen molar-refractivity contribution >= 4 is 29.7 Å². The minimum atomic E-state index is -4.51. The molecule has 2 amide bonds. The van der Waals surface area contributed by atoms with Crippen LogP contribution in [0.3, 0.4) is 0 Å². The summed E-state index contributed by atoms with van der Waals surface area (Å²) in [7, 11) is 0. The molecule has 1 saturated carbocycles. The number of fused-ring (bicyclic) bond motifs is 1. The van der Waals surface area contributed by atoms with Crippen LogP contribution >= 0.6 is 0 Å². The Bertz CT molecular complexity index is 1530. The second-order valence-corrected chi connectivity index (χ2v) is 10.5. The van der Waals surface area contributed by atoms with Crippen LogP contribution in [0.1, 0.15) is 41.6 Å². The molecule has 0 bridgehead atoms. The van der Waals surface area contributed by atoms with Gasteiger partial charge in [0.15, 0.2) is 0 Å². The highest BCUT2D eigenvalue weighted by molar-refractivity contribution is 6.05. The van der Waals surface area contributed by atoms with Gasteiger partial charge in [-0.1, -0.05) is 0 Å². The van der Waals surface area contributed by atoms with Crippen LogP contribution in [-0.4, -0.2) is 57.1 Å². The van der Waals surface area contributed by atoms with Crippen molar-refractivity contribution in [3.63, 3.8) is 0 Å². The molecule has 13 heteroatoms. The first-order chi connectivity index (χ1) is 19.5. The summed E-state index contributed by atoms with van der Waals surface area (Å²) in [6.45, 7) is -0.111. The number of benzene rings is 1. The highest BCUT2D eigenvalue weighted by atomic mass is 19.4. The monoisotopic (exact) mass is 568 g/mol. The van der Waals surface area contributed by atoms with Crippen LogP contribution in [0.25, 0.3) is 0 Å². The van der Waals surface area contributed by atoms with E-state index in [0.717, 1.165) is 11.0 Å². The fourth-order valence-corrected chi connectivity index (χ4v) is 5.48. The van der Waals surface area contributed by atoms with Crippen LogP contribution in [0.15, 0.2) is 76.4 Å². The number of halogens is 4. The number of nitrogens with two attached hydrogens (primary N) is 1. The molecule has 0 spiro atoms. The molecule has 1 saturated heterocycles. The Hall–Kier alpha value is -4.23. The van der Waals surface area contributed by atoms with E-state index < -0.39 is 35.8 Å². The molecule has 6 rings (SSSR count). The van der Waals surface area contributed by atoms with E-state index in [4.69, 9.17) is 10.8 Å². The van der Waals surface area contributed by atoms with Gasteiger partial charge in [0.05, 0.1) is 18.0 Å². The van der Waals surface area contributed by atoms with E-state index in [1.807, 2.05) is 0 Å². The average Bonchev–Trinajstić information content (AvgIpc) is 3.74. The largest absolute Gasteiger partial charge is 0.408 e. The Balaban J connectivity index is 1.27. The van der Waals surface area contributed by atoms with Crippen LogP contribution in [0.2, 0.25) is 0 Å². The summed E-state index contributed by atoms with van der Waals surface area (Å²) in [5.41, 5.74) is 1.86. The summed E-state index contributed by atoms with van der Waals surface area (Å²) < 4.78 is 54.6. The van der Waals surface area contributed by atoms with Gasteiger partial charge in [-0.2, -0.15) is 24.0 Å². The third kappa shape index (κ3) is 5.06. The first-order valence-electron chi connectivity index (χ1n) is 13.2. The lowest BCUT2D eigenvalue weighted by molar-refractivity contribution is -0.750. The van der Waals surface area contributed by atoms with Gasteiger partial charge in [0, 0.05) is 36.2 Å². The molecule has 1 aliphatic carbocycles. The number of amidine groups is 1. The normalized spacial score (nSPS) is 25.7. The molecule has 1 unspecified atom stereocenters. The summed E-state index contributed by atoms with van der Waals surface area (Å²) >= 11 is 0. The van der Waals surface area contributed by atoms with Gasteiger partial charge in [0.25, 0.3) is 11.7 Å². The molecule has 0 radical (unpaired) electrons. The standard InChI is InChI=1S/C28H25F4N7O2/c29-20-9-10-35-23(13-20)36-26(40)17-3-1-16(2-4-17)25-37-24(21-14-34-11-12-39(21,25)33)19-7-8-22(28(30,31)32)38(15-19)27(41)18-5-6-18/h1-4,9-14,18-19,22H,5-8,15,33H2/p+1/t19-,22+,39?/m0/s1. The molecule has 2 aromatic rings. The maximum absolute atomic E-state index is 13.8. The number of aromatic nitrogens is 1. The van der Waals surface area contributed by atoms with E-state index in [-0.39, 0.29) is 41.3 Å². The third-order valence-corrected chi connectivity index (χ3v) is 7.75. The summed E-state index contributed by atoms with van der Waals surface area (Å²) in [4.78, 5) is 39.5. The summed E-state index contributed by atoms with van der Waals surface area (Å²) in [6, 6.07) is 6.87. The molecule has 2 fully saturated rings. The number of quaternary nitrogens is 1. The smallest absolute Gasteiger partial charge is 0.330 e. The molecule has 1 aromatic carbocycles. The predicted molar refractivity (Wildman–Crippen MR) is 141 cm³/mol. The molecule has 212 valence electrons. The number of carbonyl (C=O) groups excluding carboxylic acids is 2. The van der Waals surface area contributed by atoms with E-state index in [0.29, 0.717) is 35.6 Å². The van der Waals surface area contributed by atoms with Gasteiger partial charge in [-0.05, 0) is 56.0 Å². The SMILES string of the molecule is N[N+]12C=CN=CC1=C([C@H]1CC[C@H](C(F)(F)F)N(C(=O)C3CC3)C1)N=C2c1ccc(C(=O)Nc2cc(F)ccn2)cc1. The zero-order valence-electron chi connectivity index (χ0n) is 21.7. The predicted octanol–water partition coefficient (Wildman–Crippen LogP) is 4.27. The minimum absolute atomic E-state index is 0.0661. The third-order valence-electron chi connectivity index (χ3n) is 7.75. The number of nitrogens with one attached hydrogen (secondary N) is 1. The van der Waals surface area contributed by atoms with Crippen LogP contribution in [-0.2, 0) is 4.79 Å².